The molecule has 0 bridgehead atoms. The molecule has 0 spiro atoms. The summed E-state index contributed by atoms with van der Waals surface area (Å²) in [7, 11) is 2.14. The van der Waals surface area contributed by atoms with Crippen LogP contribution in [0.25, 0.3) is 5.57 Å². The van der Waals surface area contributed by atoms with E-state index in [2.05, 4.69) is 50.1 Å². The smallest absolute Gasteiger partial charge is 0.139 e. The van der Waals surface area contributed by atoms with Crippen LogP contribution in [0.2, 0.25) is 0 Å². The molecule has 1 aliphatic rings. The summed E-state index contributed by atoms with van der Waals surface area (Å²) in [6.07, 6.45) is 8.12. The summed E-state index contributed by atoms with van der Waals surface area (Å²) in [6, 6.07) is 6.38. The van der Waals surface area contributed by atoms with E-state index in [0.717, 1.165) is 11.3 Å². The highest BCUT2D eigenvalue weighted by molar-refractivity contribution is 6.33. The van der Waals surface area contributed by atoms with Crippen LogP contribution < -0.4 is 11.2 Å². The van der Waals surface area contributed by atoms with Crippen molar-refractivity contribution in [3.8, 4) is 0 Å². The van der Waals surface area contributed by atoms with E-state index in [1.807, 2.05) is 19.2 Å². The summed E-state index contributed by atoms with van der Waals surface area (Å²) < 4.78 is 0. The average molecular weight is 250 g/mol. The zero-order valence-corrected chi connectivity index (χ0v) is 11.8. The quantitative estimate of drug-likeness (QED) is 0.794. The first kappa shape index (κ1) is 13.6. The maximum atomic E-state index is 5.70. The third kappa shape index (κ3) is 3.12. The Morgan fingerprint density at radius 1 is 1.21 bits per heavy atom. The van der Waals surface area contributed by atoms with Gasteiger partial charge in [0.05, 0.1) is 0 Å². The summed E-state index contributed by atoms with van der Waals surface area (Å²) in [4.78, 5) is 4.41. The summed E-state index contributed by atoms with van der Waals surface area (Å²) >= 11 is 0. The minimum absolute atomic E-state index is 0.507. The maximum absolute atomic E-state index is 5.70. The third-order valence-electron chi connectivity index (χ3n) is 3.43. The van der Waals surface area contributed by atoms with Gasteiger partial charge < -0.3 is 5.73 Å². The molecule has 3 heteroatoms. The Balaban J connectivity index is 2.50. The normalized spacial score (nSPS) is 25.1. The molecule has 0 radical (unpaired) electrons. The number of rotatable bonds is 2. The van der Waals surface area contributed by atoms with Crippen molar-refractivity contribution in [3.05, 3.63) is 59.3 Å². The molecule has 1 aromatic carbocycles. The lowest BCUT2D eigenvalue weighted by molar-refractivity contribution is 1.17. The minimum atomic E-state index is 0.507. The number of hydrogen-bond donors (Lipinski definition) is 1. The summed E-state index contributed by atoms with van der Waals surface area (Å²) in [6.45, 7) is 4.67. The van der Waals surface area contributed by atoms with Gasteiger partial charge in [0.2, 0.25) is 0 Å². The molecule has 0 aliphatic carbocycles. The fourth-order valence-corrected chi connectivity index (χ4v) is 2.09. The van der Waals surface area contributed by atoms with Crippen molar-refractivity contribution in [1.29, 1.82) is 0 Å². The molecule has 2 N–H and O–H groups in total. The molecular formula is C16H19BN2. The van der Waals surface area contributed by atoms with E-state index < -0.39 is 0 Å². The van der Waals surface area contributed by atoms with Crippen LogP contribution in [0.3, 0.4) is 0 Å². The maximum Gasteiger partial charge on any atom is 0.139 e. The first-order valence-electron chi connectivity index (χ1n) is 6.51. The van der Waals surface area contributed by atoms with Gasteiger partial charge in [0.15, 0.2) is 0 Å². The fourth-order valence-electron chi connectivity index (χ4n) is 2.09. The Morgan fingerprint density at radius 2 is 2.00 bits per heavy atom. The second-order valence-corrected chi connectivity index (χ2v) is 4.86. The van der Waals surface area contributed by atoms with E-state index in [-0.39, 0.29) is 0 Å². The largest absolute Gasteiger partial charge is 0.326 e. The molecule has 1 heterocycles. The van der Waals surface area contributed by atoms with Crippen molar-refractivity contribution in [3.63, 3.8) is 0 Å². The zero-order chi connectivity index (χ0) is 13.8. The van der Waals surface area contributed by atoms with Crippen molar-refractivity contribution in [2.75, 3.05) is 6.54 Å². The third-order valence-corrected chi connectivity index (χ3v) is 3.43. The van der Waals surface area contributed by atoms with Crippen LogP contribution in [0, 0.1) is 6.92 Å². The lowest BCUT2D eigenvalue weighted by atomic mass is 9.86. The van der Waals surface area contributed by atoms with Gasteiger partial charge in [-0.3, -0.25) is 4.99 Å². The van der Waals surface area contributed by atoms with Gasteiger partial charge in [0.1, 0.15) is 7.85 Å². The highest BCUT2D eigenvalue weighted by atomic mass is 14.7. The standard InChI is InChI=1S/C16H19BN2/c1-11-8-14(7-6-13(9-18)10-19-11)15-4-3-5-16(17)12(15)2/h3-8,10H,9,17-18H2,1-2H3/b7-6-,11-8?,13-6?,13-10-,14-7?,14-8+,19-10?,19-11+. The summed E-state index contributed by atoms with van der Waals surface area (Å²) in [5.41, 5.74) is 12.8. The number of nitrogens with two attached hydrogens (primary N) is 1. The highest BCUT2D eigenvalue weighted by Crippen LogP contribution is 2.20. The van der Waals surface area contributed by atoms with E-state index in [0.29, 0.717) is 6.54 Å². The monoisotopic (exact) mass is 250 g/mol. The van der Waals surface area contributed by atoms with Gasteiger partial charge >= 0.3 is 0 Å². The van der Waals surface area contributed by atoms with Gasteiger partial charge in [-0.25, -0.2) is 0 Å². The lowest BCUT2D eigenvalue weighted by Crippen LogP contribution is -2.09. The topological polar surface area (TPSA) is 38.4 Å². The Morgan fingerprint density at radius 3 is 2.74 bits per heavy atom. The van der Waals surface area contributed by atoms with E-state index in [1.54, 1.807) is 0 Å². The fraction of sp³-hybridized carbons (Fsp3) is 0.188. The number of benzene rings is 1. The Hall–Kier alpha value is -1.87. The molecule has 0 amide bonds. The first-order valence-corrected chi connectivity index (χ1v) is 6.51. The van der Waals surface area contributed by atoms with E-state index in [9.17, 15) is 0 Å². The predicted octanol–water partition coefficient (Wildman–Crippen LogP) is 1.51. The van der Waals surface area contributed by atoms with Gasteiger partial charge in [-0.1, -0.05) is 35.8 Å². The summed E-state index contributed by atoms with van der Waals surface area (Å²) in [5.74, 6) is 0. The van der Waals surface area contributed by atoms with Gasteiger partial charge in [-0.2, -0.15) is 0 Å². The van der Waals surface area contributed by atoms with Crippen LogP contribution in [-0.2, 0) is 0 Å². The van der Waals surface area contributed by atoms with Crippen LogP contribution in [0.5, 0.6) is 0 Å². The molecule has 2 nitrogen and oxygen atoms in total. The molecule has 19 heavy (non-hydrogen) atoms. The molecule has 0 unspecified atom stereocenters. The van der Waals surface area contributed by atoms with Crippen LogP contribution in [0.15, 0.2) is 53.2 Å². The highest BCUT2D eigenvalue weighted by Gasteiger charge is 2.06. The van der Waals surface area contributed by atoms with Crippen LogP contribution in [0.4, 0.5) is 0 Å². The van der Waals surface area contributed by atoms with Crippen molar-refractivity contribution in [2.24, 2.45) is 10.7 Å². The lowest BCUT2D eigenvalue weighted by Gasteiger charge is -2.11. The SMILES string of the molecule is Bc1cccc(C2=C/C(C)=N/C=C(CN)/C=C\2)c1C. The Bertz CT molecular complexity index is 607. The molecule has 1 aliphatic heterocycles. The second kappa shape index (κ2) is 5.85. The molecular weight excluding hydrogens is 231 g/mol. The number of aliphatic imine (C=N–C) groups is 1. The van der Waals surface area contributed by atoms with Crippen LogP contribution in [0.1, 0.15) is 18.1 Å². The molecule has 0 saturated carbocycles. The summed E-state index contributed by atoms with van der Waals surface area (Å²) in [5, 5.41) is 0. The van der Waals surface area contributed by atoms with Crippen LogP contribution in [-0.4, -0.2) is 20.1 Å². The van der Waals surface area contributed by atoms with Gasteiger partial charge in [0, 0.05) is 18.5 Å². The van der Waals surface area contributed by atoms with Gasteiger partial charge in [-0.15, -0.1) is 0 Å². The predicted molar refractivity (Wildman–Crippen MR) is 86.7 cm³/mol. The number of nitrogens with zero attached hydrogens (tertiary/aromatic N) is 1. The first-order chi connectivity index (χ1) is 9.11. The molecule has 0 fully saturated rings. The van der Waals surface area contributed by atoms with Crippen molar-refractivity contribution >= 4 is 24.6 Å². The van der Waals surface area contributed by atoms with Crippen molar-refractivity contribution < 1.29 is 0 Å². The molecule has 2 rings (SSSR count). The second-order valence-electron chi connectivity index (χ2n) is 4.86. The Kier molecular flexibility index (Phi) is 4.18. The minimum Gasteiger partial charge on any atom is -0.326 e. The van der Waals surface area contributed by atoms with Crippen LogP contribution >= 0.6 is 0 Å². The van der Waals surface area contributed by atoms with E-state index >= 15 is 0 Å². The average Bonchev–Trinajstić information content (AvgIpc) is 2.38. The van der Waals surface area contributed by atoms with E-state index in [4.69, 9.17) is 5.73 Å². The molecule has 0 aromatic heterocycles. The molecule has 0 atom stereocenters. The van der Waals surface area contributed by atoms with Crippen molar-refractivity contribution in [2.45, 2.75) is 13.8 Å². The molecule has 1 aromatic rings. The Labute approximate surface area is 115 Å². The molecule has 96 valence electrons. The molecule has 0 saturated heterocycles. The van der Waals surface area contributed by atoms with Gasteiger partial charge in [-0.05, 0) is 42.2 Å². The zero-order valence-electron chi connectivity index (χ0n) is 11.8. The number of allylic oxidation sites excluding steroid dienone is 3. The van der Waals surface area contributed by atoms with E-state index in [1.165, 1.54) is 22.2 Å². The number of hydrogen-bond acceptors (Lipinski definition) is 2. The van der Waals surface area contributed by atoms with Gasteiger partial charge in [0.25, 0.3) is 0 Å². The van der Waals surface area contributed by atoms with Crippen molar-refractivity contribution in [1.82, 2.24) is 0 Å².